The van der Waals surface area contributed by atoms with Crippen molar-refractivity contribution in [3.05, 3.63) is 59.9 Å². The van der Waals surface area contributed by atoms with Crippen LogP contribution < -0.4 is 10.1 Å². The summed E-state index contributed by atoms with van der Waals surface area (Å²) in [6.07, 6.45) is 4.99. The number of rotatable bonds is 11. The second kappa shape index (κ2) is 11.7. The highest BCUT2D eigenvalue weighted by Crippen LogP contribution is 2.24. The monoisotopic (exact) mass is 477 g/mol. The van der Waals surface area contributed by atoms with Crippen LogP contribution >= 0.6 is 0 Å². The van der Waals surface area contributed by atoms with Crippen LogP contribution in [0.4, 0.5) is 0 Å². The van der Waals surface area contributed by atoms with Gasteiger partial charge < -0.3 is 14.6 Å². The van der Waals surface area contributed by atoms with E-state index in [0.29, 0.717) is 6.61 Å². The smallest absolute Gasteiger partial charge is 0.225 e. The van der Waals surface area contributed by atoms with E-state index in [0.717, 1.165) is 62.3 Å². The quantitative estimate of drug-likeness (QED) is 0.314. The van der Waals surface area contributed by atoms with Crippen molar-refractivity contribution in [1.82, 2.24) is 14.9 Å². The molecule has 0 unspecified atom stereocenters. The van der Waals surface area contributed by atoms with Gasteiger partial charge >= 0.3 is 0 Å². The second-order valence-electron chi connectivity index (χ2n) is 11.5. The van der Waals surface area contributed by atoms with E-state index in [1.807, 2.05) is 26.8 Å². The van der Waals surface area contributed by atoms with Crippen LogP contribution in [0.3, 0.4) is 0 Å². The standard InChI is InChI=1S/C30H43N3O2/c1-29(2,3)23-16-18-24(19-17-23)35-22-12-21-33-26-14-10-9-13-25(26)32-27(33)15-8-7-11-20-31-28(34)30(4,5)6/h9-10,13-14,16-19H,7-8,11-12,15,20-22H2,1-6H3,(H,31,34). The number of unbranched alkanes of at least 4 members (excludes halogenated alkanes) is 2. The fourth-order valence-corrected chi connectivity index (χ4v) is 4.08. The molecule has 0 aliphatic carbocycles. The minimum Gasteiger partial charge on any atom is -0.494 e. The highest BCUT2D eigenvalue weighted by molar-refractivity contribution is 5.81. The number of ether oxygens (including phenoxy) is 1. The fraction of sp³-hybridized carbons (Fsp3) is 0.533. The maximum Gasteiger partial charge on any atom is 0.225 e. The number of carbonyl (C=O) groups excluding carboxylic acids is 1. The normalized spacial score (nSPS) is 12.2. The lowest BCUT2D eigenvalue weighted by atomic mass is 9.87. The van der Waals surface area contributed by atoms with Crippen LogP contribution in [0.2, 0.25) is 0 Å². The van der Waals surface area contributed by atoms with Crippen molar-refractivity contribution in [2.45, 2.75) is 85.6 Å². The van der Waals surface area contributed by atoms with Gasteiger partial charge in [-0.1, -0.05) is 72.2 Å². The van der Waals surface area contributed by atoms with Crippen LogP contribution in [0.1, 0.15) is 78.6 Å². The molecule has 5 heteroatoms. The number of benzene rings is 2. The molecule has 1 N–H and O–H groups in total. The predicted octanol–water partition coefficient (Wildman–Crippen LogP) is 6.68. The molecule has 1 aromatic heterocycles. The first-order chi connectivity index (χ1) is 16.6. The minimum atomic E-state index is -0.329. The van der Waals surface area contributed by atoms with E-state index in [2.05, 4.69) is 73.1 Å². The molecular formula is C30H43N3O2. The summed E-state index contributed by atoms with van der Waals surface area (Å²) in [6, 6.07) is 16.8. The van der Waals surface area contributed by atoms with Crippen molar-refractivity contribution >= 4 is 16.9 Å². The summed E-state index contributed by atoms with van der Waals surface area (Å²) >= 11 is 0. The highest BCUT2D eigenvalue weighted by atomic mass is 16.5. The number of aryl methyl sites for hydroxylation is 2. The number of nitrogens with zero attached hydrogens (tertiary/aromatic N) is 2. The Kier molecular flexibility index (Phi) is 8.98. The van der Waals surface area contributed by atoms with E-state index in [-0.39, 0.29) is 16.7 Å². The molecule has 2 aromatic carbocycles. The lowest BCUT2D eigenvalue weighted by Crippen LogP contribution is -2.35. The molecule has 0 radical (unpaired) electrons. The average Bonchev–Trinajstić information content (AvgIpc) is 3.15. The van der Waals surface area contributed by atoms with Gasteiger partial charge in [-0.15, -0.1) is 0 Å². The van der Waals surface area contributed by atoms with Crippen molar-refractivity contribution < 1.29 is 9.53 Å². The Hall–Kier alpha value is -2.82. The summed E-state index contributed by atoms with van der Waals surface area (Å²) in [6.45, 7) is 14.8. The fourth-order valence-electron chi connectivity index (χ4n) is 4.08. The van der Waals surface area contributed by atoms with Gasteiger partial charge in [0.2, 0.25) is 5.91 Å². The van der Waals surface area contributed by atoms with Gasteiger partial charge in [0.05, 0.1) is 17.6 Å². The predicted molar refractivity (Wildman–Crippen MR) is 145 cm³/mol. The molecule has 0 saturated carbocycles. The number of carbonyl (C=O) groups is 1. The summed E-state index contributed by atoms with van der Waals surface area (Å²) in [5, 5.41) is 3.04. The Morgan fingerprint density at radius 1 is 0.914 bits per heavy atom. The zero-order chi connectivity index (χ0) is 25.5. The minimum absolute atomic E-state index is 0.117. The number of hydrogen-bond donors (Lipinski definition) is 1. The second-order valence-corrected chi connectivity index (χ2v) is 11.5. The zero-order valence-corrected chi connectivity index (χ0v) is 22.5. The molecule has 0 aliphatic rings. The molecular weight excluding hydrogens is 434 g/mol. The number of fused-ring (bicyclic) bond motifs is 1. The molecule has 0 atom stereocenters. The molecule has 1 heterocycles. The van der Waals surface area contributed by atoms with E-state index in [4.69, 9.17) is 9.72 Å². The number of nitrogens with one attached hydrogen (secondary N) is 1. The first-order valence-electron chi connectivity index (χ1n) is 13.0. The van der Waals surface area contributed by atoms with E-state index in [1.54, 1.807) is 0 Å². The average molecular weight is 478 g/mol. The lowest BCUT2D eigenvalue weighted by Gasteiger charge is -2.19. The zero-order valence-electron chi connectivity index (χ0n) is 22.5. The molecule has 190 valence electrons. The maximum atomic E-state index is 12.0. The van der Waals surface area contributed by atoms with Crippen LogP contribution in [0.5, 0.6) is 5.75 Å². The third-order valence-corrected chi connectivity index (χ3v) is 6.29. The Morgan fingerprint density at radius 3 is 2.31 bits per heavy atom. The maximum absolute atomic E-state index is 12.0. The third-order valence-electron chi connectivity index (χ3n) is 6.29. The molecule has 35 heavy (non-hydrogen) atoms. The summed E-state index contributed by atoms with van der Waals surface area (Å²) in [4.78, 5) is 16.9. The first kappa shape index (κ1) is 26.8. The van der Waals surface area contributed by atoms with Gasteiger partial charge in [0.25, 0.3) is 0 Å². The number of aromatic nitrogens is 2. The number of para-hydroxylation sites is 2. The first-order valence-corrected chi connectivity index (χ1v) is 13.0. The molecule has 0 aliphatic heterocycles. The van der Waals surface area contributed by atoms with Crippen molar-refractivity contribution in [3.8, 4) is 5.75 Å². The SMILES string of the molecule is CC(C)(C)C(=O)NCCCCCc1nc2ccccc2n1CCCOc1ccc(C(C)(C)C)cc1. The van der Waals surface area contributed by atoms with Crippen LogP contribution in [0, 0.1) is 5.41 Å². The molecule has 0 spiro atoms. The molecule has 5 nitrogen and oxygen atoms in total. The molecule has 1 amide bonds. The van der Waals surface area contributed by atoms with Crippen LogP contribution in [-0.2, 0) is 23.2 Å². The Labute approximate surface area is 211 Å². The lowest BCUT2D eigenvalue weighted by molar-refractivity contribution is -0.128. The van der Waals surface area contributed by atoms with Gasteiger partial charge in [0.15, 0.2) is 0 Å². The molecule has 0 saturated heterocycles. The van der Waals surface area contributed by atoms with Crippen LogP contribution in [0.15, 0.2) is 48.5 Å². The van der Waals surface area contributed by atoms with Gasteiger partial charge in [-0.05, 0) is 54.5 Å². The van der Waals surface area contributed by atoms with E-state index in [1.165, 1.54) is 11.1 Å². The summed E-state index contributed by atoms with van der Waals surface area (Å²) in [5.41, 5.74) is 3.38. The van der Waals surface area contributed by atoms with Crippen LogP contribution in [0.25, 0.3) is 11.0 Å². The van der Waals surface area contributed by atoms with Crippen molar-refractivity contribution in [2.75, 3.05) is 13.2 Å². The molecule has 0 bridgehead atoms. The number of hydrogen-bond acceptors (Lipinski definition) is 3. The van der Waals surface area contributed by atoms with Gasteiger partial charge in [-0.3, -0.25) is 4.79 Å². The molecule has 3 rings (SSSR count). The molecule has 0 fully saturated rings. The van der Waals surface area contributed by atoms with Gasteiger partial charge in [-0.25, -0.2) is 4.98 Å². The largest absolute Gasteiger partial charge is 0.494 e. The summed E-state index contributed by atoms with van der Waals surface area (Å²) in [5.74, 6) is 2.18. The Balaban J connectivity index is 1.49. The van der Waals surface area contributed by atoms with Crippen molar-refractivity contribution in [1.29, 1.82) is 0 Å². The number of imidazole rings is 1. The Bertz CT molecular complexity index is 1090. The number of amides is 1. The van der Waals surface area contributed by atoms with Crippen molar-refractivity contribution in [3.63, 3.8) is 0 Å². The summed E-state index contributed by atoms with van der Waals surface area (Å²) < 4.78 is 8.37. The van der Waals surface area contributed by atoms with Crippen molar-refractivity contribution in [2.24, 2.45) is 5.41 Å². The van der Waals surface area contributed by atoms with Gasteiger partial charge in [0.1, 0.15) is 11.6 Å². The highest BCUT2D eigenvalue weighted by Gasteiger charge is 2.20. The van der Waals surface area contributed by atoms with E-state index < -0.39 is 0 Å². The Morgan fingerprint density at radius 2 is 1.63 bits per heavy atom. The van der Waals surface area contributed by atoms with Crippen LogP contribution in [-0.4, -0.2) is 28.6 Å². The topological polar surface area (TPSA) is 56.2 Å². The van der Waals surface area contributed by atoms with E-state index >= 15 is 0 Å². The van der Waals surface area contributed by atoms with E-state index in [9.17, 15) is 4.79 Å². The molecule has 3 aromatic rings. The third kappa shape index (κ3) is 7.84. The van der Waals surface area contributed by atoms with Gasteiger partial charge in [-0.2, -0.15) is 0 Å². The van der Waals surface area contributed by atoms with Gasteiger partial charge in [0, 0.05) is 24.9 Å². The summed E-state index contributed by atoms with van der Waals surface area (Å²) in [7, 11) is 0.